The number of aliphatic carboxylic acids is 1. The van der Waals surface area contributed by atoms with Crippen molar-refractivity contribution in [2.45, 2.75) is 32.1 Å². The molecule has 4 aromatic rings. The molecule has 13 heteroatoms. The van der Waals surface area contributed by atoms with E-state index in [1.807, 2.05) is 0 Å². The predicted molar refractivity (Wildman–Crippen MR) is 163 cm³/mol. The third kappa shape index (κ3) is 8.05. The fraction of sp³-hybridized carbons (Fsp3) is 0.250. The van der Waals surface area contributed by atoms with Gasteiger partial charge in [-0.05, 0) is 80.3 Å². The Bertz CT molecular complexity index is 1720. The summed E-state index contributed by atoms with van der Waals surface area (Å²) in [6.07, 6.45) is 3.50. The number of anilines is 2. The van der Waals surface area contributed by atoms with Crippen molar-refractivity contribution >= 4 is 51.7 Å². The number of aromatic nitrogens is 1. The Labute approximate surface area is 276 Å². The maximum absolute atomic E-state index is 13.2. The van der Waals surface area contributed by atoms with Gasteiger partial charge in [0, 0.05) is 35.4 Å². The standard InChI is InChI=1S/C32H29ClFN3O7.Li.H/c1-42-27-17-22-24(18-28(27)43-15-3-2-4-29(38)39)35-14-11-25(22)44-26-10-9-21(16-23(26)33)37-31(41)32(12-13-32)30(40)36-20-7-5-19(34)6-8-20;;/h5-11,14,16-18H,2-4,12-13,15H2,1H3,(H,36,40)(H,37,41)(H,38,39);;/q;+1;-1. The molecule has 10 nitrogen and oxygen atoms in total. The SMILES string of the molecule is COc1cc2c(Oc3ccc(NC(=O)C4(C(=O)Nc5ccc(F)cc5)CC4)cc3Cl)ccnc2cc1OCCCCC(=O)O.[H-].[Li+]. The Morgan fingerprint density at radius 1 is 0.933 bits per heavy atom. The Morgan fingerprint density at radius 2 is 1.62 bits per heavy atom. The van der Waals surface area contributed by atoms with Crippen molar-refractivity contribution in [3.8, 4) is 23.0 Å². The number of hydrogen-bond donors (Lipinski definition) is 3. The zero-order chi connectivity index (χ0) is 31.3. The van der Waals surface area contributed by atoms with Crippen molar-refractivity contribution in [1.82, 2.24) is 4.98 Å². The minimum absolute atomic E-state index is 0. The van der Waals surface area contributed by atoms with Gasteiger partial charge in [0.15, 0.2) is 11.5 Å². The number of carbonyl (C=O) groups is 3. The number of carbonyl (C=O) groups excluding carboxylic acids is 2. The minimum Gasteiger partial charge on any atom is -1.00 e. The second-order valence-electron chi connectivity index (χ2n) is 10.3. The first kappa shape index (κ1) is 33.6. The molecule has 2 amide bonds. The monoisotopic (exact) mass is 629 g/mol. The van der Waals surface area contributed by atoms with Gasteiger partial charge >= 0.3 is 24.8 Å². The molecule has 5 rings (SSSR count). The molecular weight excluding hydrogens is 600 g/mol. The van der Waals surface area contributed by atoms with Gasteiger partial charge in [-0.2, -0.15) is 0 Å². The number of carboxylic acids is 1. The van der Waals surface area contributed by atoms with Crippen LogP contribution in [0.1, 0.15) is 33.5 Å². The molecule has 0 unspecified atom stereocenters. The van der Waals surface area contributed by atoms with Crippen LogP contribution in [0, 0.1) is 11.2 Å². The quantitative estimate of drug-likeness (QED) is 0.115. The zero-order valence-electron chi connectivity index (χ0n) is 25.7. The van der Waals surface area contributed by atoms with E-state index in [0.717, 1.165) is 0 Å². The largest absolute Gasteiger partial charge is 1.00 e. The number of nitrogens with zero attached hydrogens (tertiary/aromatic N) is 1. The molecule has 1 aliphatic rings. The minimum atomic E-state index is -1.22. The first-order valence-corrected chi connectivity index (χ1v) is 14.2. The van der Waals surface area contributed by atoms with E-state index in [0.29, 0.717) is 77.6 Å². The van der Waals surface area contributed by atoms with Crippen LogP contribution in [0.4, 0.5) is 15.8 Å². The first-order valence-electron chi connectivity index (χ1n) is 13.9. The van der Waals surface area contributed by atoms with Crippen LogP contribution in [0.25, 0.3) is 10.9 Å². The maximum Gasteiger partial charge on any atom is 1.00 e. The summed E-state index contributed by atoms with van der Waals surface area (Å²) in [7, 11) is 1.51. The van der Waals surface area contributed by atoms with Gasteiger partial charge in [-0.15, -0.1) is 0 Å². The van der Waals surface area contributed by atoms with Crippen molar-refractivity contribution in [2.24, 2.45) is 5.41 Å². The van der Waals surface area contributed by atoms with E-state index < -0.39 is 29.0 Å². The summed E-state index contributed by atoms with van der Waals surface area (Å²) in [6, 6.07) is 15.2. The predicted octanol–water partition coefficient (Wildman–Crippen LogP) is 3.94. The summed E-state index contributed by atoms with van der Waals surface area (Å²) in [5.74, 6) is -0.494. The van der Waals surface area contributed by atoms with Crippen LogP contribution in [-0.4, -0.2) is 41.6 Å². The van der Waals surface area contributed by atoms with Crippen LogP contribution >= 0.6 is 11.6 Å². The van der Waals surface area contributed by atoms with Crippen LogP contribution < -0.4 is 43.7 Å². The third-order valence-corrected chi connectivity index (χ3v) is 7.46. The van der Waals surface area contributed by atoms with Crippen molar-refractivity contribution in [2.75, 3.05) is 24.4 Å². The number of methoxy groups -OCH3 is 1. The number of rotatable bonds is 13. The van der Waals surface area contributed by atoms with Gasteiger partial charge in [-0.3, -0.25) is 19.4 Å². The van der Waals surface area contributed by atoms with Gasteiger partial charge in [0.25, 0.3) is 0 Å². The smallest absolute Gasteiger partial charge is 1.00 e. The zero-order valence-corrected chi connectivity index (χ0v) is 25.4. The van der Waals surface area contributed by atoms with Crippen molar-refractivity contribution in [3.63, 3.8) is 0 Å². The van der Waals surface area contributed by atoms with Crippen molar-refractivity contribution < 1.29 is 58.4 Å². The van der Waals surface area contributed by atoms with Crippen LogP contribution in [0.5, 0.6) is 23.0 Å². The Kier molecular flexibility index (Phi) is 10.9. The molecule has 0 saturated heterocycles. The fourth-order valence-corrected chi connectivity index (χ4v) is 4.77. The van der Waals surface area contributed by atoms with E-state index in [9.17, 15) is 18.8 Å². The topological polar surface area (TPSA) is 136 Å². The van der Waals surface area contributed by atoms with Gasteiger partial charge < -0.3 is 31.4 Å². The summed E-state index contributed by atoms with van der Waals surface area (Å²) in [5, 5.41) is 15.1. The molecule has 1 heterocycles. The molecule has 0 bridgehead atoms. The molecule has 230 valence electrons. The number of carboxylic acid groups (broad SMARTS) is 1. The van der Waals surface area contributed by atoms with Crippen molar-refractivity contribution in [3.05, 3.63) is 77.7 Å². The number of hydrogen-bond acceptors (Lipinski definition) is 7. The van der Waals surface area contributed by atoms with E-state index in [4.69, 9.17) is 30.9 Å². The Morgan fingerprint density at radius 3 is 2.27 bits per heavy atom. The van der Waals surface area contributed by atoms with Crippen LogP contribution in [0.2, 0.25) is 5.02 Å². The molecule has 3 N–H and O–H groups in total. The van der Waals surface area contributed by atoms with Gasteiger partial charge in [0.2, 0.25) is 11.8 Å². The van der Waals surface area contributed by atoms with E-state index in [2.05, 4.69) is 15.6 Å². The summed E-state index contributed by atoms with van der Waals surface area (Å²) in [5.41, 5.74) is 0.154. The summed E-state index contributed by atoms with van der Waals surface area (Å²) in [4.78, 5) is 41.1. The average Bonchev–Trinajstić information content (AvgIpc) is 3.82. The van der Waals surface area contributed by atoms with Gasteiger partial charge in [-0.25, -0.2) is 4.39 Å². The van der Waals surface area contributed by atoms with Crippen LogP contribution in [-0.2, 0) is 14.4 Å². The number of fused-ring (bicyclic) bond motifs is 1. The van der Waals surface area contributed by atoms with Crippen molar-refractivity contribution in [1.29, 1.82) is 0 Å². The molecule has 0 radical (unpaired) electrons. The number of halogens is 2. The van der Waals surface area contributed by atoms with Gasteiger partial charge in [0.05, 0.1) is 24.3 Å². The van der Waals surface area contributed by atoms with Crippen LogP contribution in [0.15, 0.2) is 66.9 Å². The number of pyridine rings is 1. The molecule has 1 aromatic heterocycles. The molecule has 1 fully saturated rings. The molecule has 0 aliphatic heterocycles. The number of benzene rings is 3. The molecule has 45 heavy (non-hydrogen) atoms. The number of amides is 2. The summed E-state index contributed by atoms with van der Waals surface area (Å²) in [6.45, 7) is 0.323. The van der Waals surface area contributed by atoms with Crippen LogP contribution in [0.3, 0.4) is 0 Å². The summed E-state index contributed by atoms with van der Waals surface area (Å²) >= 11 is 6.53. The molecular formula is C32H30ClFLiN3O7. The van der Waals surface area contributed by atoms with Gasteiger partial charge in [-0.1, -0.05) is 11.6 Å². The number of ether oxygens (including phenoxy) is 3. The fourth-order valence-electron chi connectivity index (χ4n) is 4.55. The van der Waals surface area contributed by atoms with Gasteiger partial charge in [0.1, 0.15) is 22.7 Å². The molecule has 1 aliphatic carbocycles. The van der Waals surface area contributed by atoms with E-state index in [-0.39, 0.29) is 31.7 Å². The Balaban J connectivity index is 0.00000288. The second kappa shape index (κ2) is 14.7. The first-order chi connectivity index (χ1) is 21.2. The molecule has 0 spiro atoms. The number of unbranched alkanes of at least 4 members (excludes halogenated alkanes) is 1. The average molecular weight is 630 g/mol. The van der Waals surface area contributed by atoms with E-state index in [1.165, 1.54) is 37.4 Å². The van der Waals surface area contributed by atoms with E-state index >= 15 is 0 Å². The summed E-state index contributed by atoms with van der Waals surface area (Å²) < 4.78 is 30.6. The normalized spacial score (nSPS) is 12.9. The van der Waals surface area contributed by atoms with E-state index in [1.54, 1.807) is 36.5 Å². The number of nitrogens with one attached hydrogen (secondary N) is 2. The second-order valence-corrected chi connectivity index (χ2v) is 10.7. The molecule has 3 aromatic carbocycles. The molecule has 1 saturated carbocycles. The Hall–Kier alpha value is -4.30. The maximum atomic E-state index is 13.2. The third-order valence-electron chi connectivity index (χ3n) is 7.16. The molecule has 0 atom stereocenters.